The number of benzene rings is 2. The van der Waals surface area contributed by atoms with Crippen molar-refractivity contribution in [2.24, 2.45) is 11.8 Å². The Hall–Kier alpha value is -3.23. The number of carbonyl (C=O) groups excluding carboxylic acids is 2. The molecule has 9 heteroatoms. The van der Waals surface area contributed by atoms with Gasteiger partial charge >= 0.3 is 6.18 Å². The lowest BCUT2D eigenvalue weighted by atomic mass is 9.77. The zero-order valence-corrected chi connectivity index (χ0v) is 19.7. The minimum atomic E-state index is -4.49. The predicted molar refractivity (Wildman–Crippen MR) is 127 cm³/mol. The normalized spacial score (nSPS) is 20.9. The van der Waals surface area contributed by atoms with Gasteiger partial charge in [0.2, 0.25) is 11.8 Å². The summed E-state index contributed by atoms with van der Waals surface area (Å²) in [6.07, 6.45) is -1.66. The van der Waals surface area contributed by atoms with Gasteiger partial charge in [-0.1, -0.05) is 18.9 Å². The minimum absolute atomic E-state index is 0.0386. The summed E-state index contributed by atoms with van der Waals surface area (Å²) < 4.78 is 44.3. The molecule has 0 spiro atoms. The minimum Gasteiger partial charge on any atom is -0.497 e. The lowest BCUT2D eigenvalue weighted by molar-refractivity contribution is -0.142. The van der Waals surface area contributed by atoms with E-state index in [1.54, 1.807) is 7.11 Å². The first-order chi connectivity index (χ1) is 16.8. The summed E-state index contributed by atoms with van der Waals surface area (Å²) in [7, 11) is 1.62. The molecule has 1 aliphatic carbocycles. The molecule has 1 saturated carbocycles. The first-order valence-electron chi connectivity index (χ1n) is 11.9. The summed E-state index contributed by atoms with van der Waals surface area (Å²) >= 11 is 0. The summed E-state index contributed by atoms with van der Waals surface area (Å²) in [4.78, 5) is 30.5. The molecule has 2 atom stereocenters. The first-order valence-corrected chi connectivity index (χ1v) is 11.9. The molecular formula is C26H30F3N3O3. The molecule has 2 aliphatic rings. The Morgan fingerprint density at radius 1 is 0.943 bits per heavy atom. The van der Waals surface area contributed by atoms with Gasteiger partial charge in [0.25, 0.3) is 0 Å². The molecule has 35 heavy (non-hydrogen) atoms. The van der Waals surface area contributed by atoms with E-state index in [9.17, 15) is 22.8 Å². The van der Waals surface area contributed by atoms with Crippen molar-refractivity contribution in [2.75, 3.05) is 43.5 Å². The van der Waals surface area contributed by atoms with Crippen molar-refractivity contribution in [3.8, 4) is 5.75 Å². The number of piperazine rings is 1. The number of hydrogen-bond donors (Lipinski definition) is 1. The van der Waals surface area contributed by atoms with E-state index in [0.29, 0.717) is 39.0 Å². The highest BCUT2D eigenvalue weighted by Crippen LogP contribution is 2.34. The number of alkyl halides is 3. The lowest BCUT2D eigenvalue weighted by Crippen LogP contribution is -2.52. The molecule has 4 rings (SSSR count). The molecule has 0 aromatic heterocycles. The Morgan fingerprint density at radius 3 is 2.23 bits per heavy atom. The molecular weight excluding hydrogens is 459 g/mol. The van der Waals surface area contributed by atoms with Gasteiger partial charge in [-0.15, -0.1) is 0 Å². The van der Waals surface area contributed by atoms with Crippen LogP contribution in [0.2, 0.25) is 0 Å². The van der Waals surface area contributed by atoms with Crippen LogP contribution in [0.4, 0.5) is 24.5 Å². The van der Waals surface area contributed by atoms with Crippen molar-refractivity contribution in [1.29, 1.82) is 0 Å². The number of ether oxygens (including phenoxy) is 1. The quantitative estimate of drug-likeness (QED) is 0.655. The maximum atomic E-state index is 13.4. The van der Waals surface area contributed by atoms with Gasteiger partial charge in [0.15, 0.2) is 0 Å². The second-order valence-electron chi connectivity index (χ2n) is 9.08. The van der Waals surface area contributed by atoms with E-state index in [1.807, 2.05) is 29.2 Å². The van der Waals surface area contributed by atoms with E-state index in [0.717, 1.165) is 36.4 Å². The van der Waals surface area contributed by atoms with Gasteiger partial charge in [-0.25, -0.2) is 0 Å². The third-order valence-corrected chi connectivity index (χ3v) is 6.91. The van der Waals surface area contributed by atoms with E-state index in [2.05, 4.69) is 10.2 Å². The number of amides is 2. The SMILES string of the molecule is COc1ccc(N2CCN(C(=O)C3CCCCC3C(=O)Nc3cccc(C(F)(F)F)c3)CC2)cc1. The maximum Gasteiger partial charge on any atom is 0.416 e. The smallest absolute Gasteiger partial charge is 0.416 e. The summed E-state index contributed by atoms with van der Waals surface area (Å²) in [5, 5.41) is 2.62. The molecule has 0 bridgehead atoms. The van der Waals surface area contributed by atoms with Gasteiger partial charge in [-0.3, -0.25) is 9.59 Å². The van der Waals surface area contributed by atoms with Crippen LogP contribution in [0.25, 0.3) is 0 Å². The van der Waals surface area contributed by atoms with E-state index >= 15 is 0 Å². The van der Waals surface area contributed by atoms with Gasteiger partial charge in [0, 0.05) is 49.4 Å². The number of halogens is 3. The third-order valence-electron chi connectivity index (χ3n) is 6.91. The third kappa shape index (κ3) is 5.89. The Bertz CT molecular complexity index is 1030. The summed E-state index contributed by atoms with van der Waals surface area (Å²) in [5.41, 5.74) is 0.338. The van der Waals surface area contributed by atoms with Crippen molar-refractivity contribution < 1.29 is 27.5 Å². The van der Waals surface area contributed by atoms with Gasteiger partial charge in [-0.05, 0) is 55.3 Å². The molecule has 1 N–H and O–H groups in total. The number of nitrogens with zero attached hydrogens (tertiary/aromatic N) is 2. The van der Waals surface area contributed by atoms with Crippen LogP contribution in [-0.2, 0) is 15.8 Å². The number of rotatable bonds is 5. The number of nitrogens with one attached hydrogen (secondary N) is 1. The second kappa shape index (κ2) is 10.6. The Balaban J connectivity index is 1.38. The van der Waals surface area contributed by atoms with Crippen LogP contribution in [0.1, 0.15) is 31.2 Å². The summed E-state index contributed by atoms with van der Waals surface area (Å²) in [5.74, 6) is -0.649. The highest BCUT2D eigenvalue weighted by atomic mass is 19.4. The van der Waals surface area contributed by atoms with Gasteiger partial charge in [-0.2, -0.15) is 13.2 Å². The first kappa shape index (κ1) is 24.9. The topological polar surface area (TPSA) is 61.9 Å². The van der Waals surface area contributed by atoms with Gasteiger partial charge in [0.1, 0.15) is 5.75 Å². The Kier molecular flexibility index (Phi) is 7.52. The molecule has 1 heterocycles. The average Bonchev–Trinajstić information content (AvgIpc) is 2.88. The fraction of sp³-hybridized carbons (Fsp3) is 0.462. The molecule has 0 radical (unpaired) electrons. The zero-order valence-electron chi connectivity index (χ0n) is 19.7. The molecule has 2 amide bonds. The largest absolute Gasteiger partial charge is 0.497 e. The van der Waals surface area contributed by atoms with Crippen molar-refractivity contribution >= 4 is 23.2 Å². The van der Waals surface area contributed by atoms with Gasteiger partial charge in [0.05, 0.1) is 12.7 Å². The highest BCUT2D eigenvalue weighted by molar-refractivity contribution is 5.96. The molecule has 2 aromatic rings. The average molecular weight is 490 g/mol. The molecule has 188 valence electrons. The van der Waals surface area contributed by atoms with Crippen LogP contribution >= 0.6 is 0 Å². The Labute approximate surface area is 203 Å². The standard InChI is InChI=1S/C26H30F3N3O3/c1-35-21-11-9-20(10-12-21)31-13-15-32(16-14-31)25(34)23-8-3-2-7-22(23)24(33)30-19-6-4-5-18(17-19)26(27,28)29/h4-6,9-12,17,22-23H,2-3,7-8,13-16H2,1H3,(H,30,33). The molecule has 1 saturated heterocycles. The van der Waals surface area contributed by atoms with Crippen molar-refractivity contribution in [3.63, 3.8) is 0 Å². The lowest BCUT2D eigenvalue weighted by Gasteiger charge is -2.39. The molecule has 6 nitrogen and oxygen atoms in total. The molecule has 2 unspecified atom stereocenters. The van der Waals surface area contributed by atoms with E-state index < -0.39 is 23.6 Å². The number of hydrogen-bond acceptors (Lipinski definition) is 4. The maximum absolute atomic E-state index is 13.4. The van der Waals surface area contributed by atoms with Crippen LogP contribution in [0.5, 0.6) is 5.75 Å². The number of methoxy groups -OCH3 is 1. The molecule has 1 aliphatic heterocycles. The van der Waals surface area contributed by atoms with Gasteiger partial charge < -0.3 is 19.9 Å². The second-order valence-corrected chi connectivity index (χ2v) is 9.08. The fourth-order valence-electron chi connectivity index (χ4n) is 4.96. The summed E-state index contributed by atoms with van der Waals surface area (Å²) in [6.45, 7) is 2.49. The van der Waals surface area contributed by atoms with Crippen molar-refractivity contribution in [3.05, 3.63) is 54.1 Å². The number of anilines is 2. The van der Waals surface area contributed by atoms with Crippen LogP contribution in [0.15, 0.2) is 48.5 Å². The molecule has 2 fully saturated rings. The Morgan fingerprint density at radius 2 is 1.60 bits per heavy atom. The van der Waals surface area contributed by atoms with E-state index in [4.69, 9.17) is 4.74 Å². The van der Waals surface area contributed by atoms with Crippen molar-refractivity contribution in [2.45, 2.75) is 31.9 Å². The van der Waals surface area contributed by atoms with Crippen LogP contribution in [0, 0.1) is 11.8 Å². The van der Waals surface area contributed by atoms with E-state index in [1.165, 1.54) is 12.1 Å². The van der Waals surface area contributed by atoms with Crippen LogP contribution < -0.4 is 15.0 Å². The summed E-state index contributed by atoms with van der Waals surface area (Å²) in [6, 6.07) is 12.4. The van der Waals surface area contributed by atoms with Crippen molar-refractivity contribution in [1.82, 2.24) is 4.90 Å². The van der Waals surface area contributed by atoms with E-state index in [-0.39, 0.29) is 17.5 Å². The fourth-order valence-corrected chi connectivity index (χ4v) is 4.96. The van der Waals surface area contributed by atoms with Crippen LogP contribution in [-0.4, -0.2) is 50.0 Å². The predicted octanol–water partition coefficient (Wildman–Crippen LogP) is 4.81. The molecule has 2 aromatic carbocycles. The monoisotopic (exact) mass is 489 g/mol. The van der Waals surface area contributed by atoms with Crippen LogP contribution in [0.3, 0.4) is 0 Å². The highest BCUT2D eigenvalue weighted by Gasteiger charge is 2.39. The zero-order chi connectivity index (χ0) is 25.0. The number of carbonyl (C=O) groups is 2.